The Hall–Kier alpha value is -0.830. The first kappa shape index (κ1) is 11.2. The number of carboxylic acids is 1. The molecule has 0 saturated heterocycles. The van der Waals surface area contributed by atoms with Gasteiger partial charge in [0.1, 0.15) is 0 Å². The third-order valence-corrected chi connectivity index (χ3v) is 1.86. The van der Waals surface area contributed by atoms with Crippen molar-refractivity contribution < 1.29 is 9.90 Å². The van der Waals surface area contributed by atoms with E-state index in [1.54, 1.807) is 6.08 Å². The molecule has 0 aromatic heterocycles. The Balaban J connectivity index is 3.92. The van der Waals surface area contributed by atoms with Crippen molar-refractivity contribution >= 4 is 5.97 Å². The van der Waals surface area contributed by atoms with E-state index in [0.29, 0.717) is 0 Å². The molecule has 3 nitrogen and oxygen atoms in total. The van der Waals surface area contributed by atoms with Crippen molar-refractivity contribution in [3.63, 3.8) is 0 Å². The molecular weight excluding hydrogens is 154 g/mol. The molecule has 1 unspecified atom stereocenters. The molecule has 0 aliphatic rings. The minimum atomic E-state index is -0.745. The second kappa shape index (κ2) is 5.77. The zero-order valence-corrected chi connectivity index (χ0v) is 7.79. The van der Waals surface area contributed by atoms with Crippen molar-refractivity contribution in [1.29, 1.82) is 0 Å². The molecular formula is C9H17NO2. The molecule has 70 valence electrons. The standard InChI is InChI=1S/C9H17NO2/c1-4-6-10(5-2)8(3)7-9(11)12/h4,8H,1,5-7H2,2-3H3,(H,11,12). The van der Waals surface area contributed by atoms with E-state index in [2.05, 4.69) is 11.5 Å². The van der Waals surface area contributed by atoms with Crippen LogP contribution in [0.15, 0.2) is 12.7 Å². The molecule has 3 heteroatoms. The van der Waals surface area contributed by atoms with Gasteiger partial charge >= 0.3 is 5.97 Å². The first-order valence-electron chi connectivity index (χ1n) is 4.18. The van der Waals surface area contributed by atoms with Gasteiger partial charge in [0.05, 0.1) is 6.42 Å². The minimum absolute atomic E-state index is 0.0884. The van der Waals surface area contributed by atoms with Crippen LogP contribution in [0.5, 0.6) is 0 Å². The Bertz CT molecular complexity index is 157. The third kappa shape index (κ3) is 4.13. The van der Waals surface area contributed by atoms with Crippen LogP contribution >= 0.6 is 0 Å². The second-order valence-electron chi connectivity index (χ2n) is 2.82. The van der Waals surface area contributed by atoms with Crippen molar-refractivity contribution in [2.24, 2.45) is 0 Å². The highest BCUT2D eigenvalue weighted by Crippen LogP contribution is 2.02. The van der Waals surface area contributed by atoms with E-state index in [1.807, 2.05) is 13.8 Å². The van der Waals surface area contributed by atoms with E-state index in [9.17, 15) is 4.79 Å². The molecule has 0 aromatic carbocycles. The maximum absolute atomic E-state index is 10.4. The van der Waals surface area contributed by atoms with Gasteiger partial charge in [0.15, 0.2) is 0 Å². The highest BCUT2D eigenvalue weighted by Gasteiger charge is 2.13. The fourth-order valence-corrected chi connectivity index (χ4v) is 1.17. The van der Waals surface area contributed by atoms with Crippen LogP contribution in [0.4, 0.5) is 0 Å². The third-order valence-electron chi connectivity index (χ3n) is 1.86. The second-order valence-corrected chi connectivity index (χ2v) is 2.82. The van der Waals surface area contributed by atoms with Crippen molar-refractivity contribution in [2.45, 2.75) is 26.3 Å². The Morgan fingerprint density at radius 3 is 2.67 bits per heavy atom. The molecule has 12 heavy (non-hydrogen) atoms. The monoisotopic (exact) mass is 171 g/mol. The zero-order chi connectivity index (χ0) is 9.56. The summed E-state index contributed by atoms with van der Waals surface area (Å²) < 4.78 is 0. The van der Waals surface area contributed by atoms with Gasteiger partial charge in [-0.3, -0.25) is 9.69 Å². The molecule has 0 saturated carbocycles. The smallest absolute Gasteiger partial charge is 0.304 e. The van der Waals surface area contributed by atoms with Gasteiger partial charge in [-0.2, -0.15) is 0 Å². The van der Waals surface area contributed by atoms with Crippen molar-refractivity contribution in [1.82, 2.24) is 4.90 Å². The van der Waals surface area contributed by atoms with Gasteiger partial charge in [0.2, 0.25) is 0 Å². The molecule has 0 heterocycles. The number of nitrogens with zero attached hydrogens (tertiary/aromatic N) is 1. The van der Waals surface area contributed by atoms with Crippen molar-refractivity contribution in [3.05, 3.63) is 12.7 Å². The van der Waals surface area contributed by atoms with Crippen LogP contribution in [0.3, 0.4) is 0 Å². The zero-order valence-electron chi connectivity index (χ0n) is 7.79. The van der Waals surface area contributed by atoms with E-state index in [0.717, 1.165) is 13.1 Å². The molecule has 0 rings (SSSR count). The lowest BCUT2D eigenvalue weighted by Crippen LogP contribution is -2.34. The summed E-state index contributed by atoms with van der Waals surface area (Å²) in [6, 6.07) is 0.0884. The van der Waals surface area contributed by atoms with E-state index in [4.69, 9.17) is 5.11 Å². The Morgan fingerprint density at radius 1 is 1.75 bits per heavy atom. The average Bonchev–Trinajstić information content (AvgIpc) is 1.98. The molecule has 0 amide bonds. The Kier molecular flexibility index (Phi) is 5.37. The summed E-state index contributed by atoms with van der Waals surface area (Å²) in [4.78, 5) is 12.5. The SMILES string of the molecule is C=CCN(CC)C(C)CC(=O)O. The average molecular weight is 171 g/mol. The van der Waals surface area contributed by atoms with E-state index in [-0.39, 0.29) is 12.5 Å². The lowest BCUT2D eigenvalue weighted by molar-refractivity contribution is -0.138. The summed E-state index contributed by atoms with van der Waals surface area (Å²) in [5.74, 6) is -0.745. The van der Waals surface area contributed by atoms with E-state index < -0.39 is 5.97 Å². The van der Waals surface area contributed by atoms with Crippen LogP contribution in [0.1, 0.15) is 20.3 Å². The molecule has 0 aliphatic heterocycles. The summed E-state index contributed by atoms with van der Waals surface area (Å²) in [6.45, 7) is 9.17. The molecule has 0 spiro atoms. The van der Waals surface area contributed by atoms with E-state index >= 15 is 0 Å². The number of carbonyl (C=O) groups is 1. The summed E-state index contributed by atoms with van der Waals surface area (Å²) in [7, 11) is 0. The fourth-order valence-electron chi connectivity index (χ4n) is 1.17. The van der Waals surface area contributed by atoms with Crippen LogP contribution in [0.2, 0.25) is 0 Å². The lowest BCUT2D eigenvalue weighted by Gasteiger charge is -2.24. The first-order valence-corrected chi connectivity index (χ1v) is 4.18. The number of rotatable bonds is 6. The van der Waals surface area contributed by atoms with Crippen molar-refractivity contribution in [3.8, 4) is 0 Å². The highest BCUT2D eigenvalue weighted by atomic mass is 16.4. The van der Waals surface area contributed by atoms with Crippen LogP contribution in [0.25, 0.3) is 0 Å². The summed E-state index contributed by atoms with van der Waals surface area (Å²) in [6.07, 6.45) is 1.99. The van der Waals surface area contributed by atoms with Gasteiger partial charge in [0.25, 0.3) is 0 Å². The van der Waals surface area contributed by atoms with E-state index in [1.165, 1.54) is 0 Å². The van der Waals surface area contributed by atoms with Gasteiger partial charge in [0, 0.05) is 12.6 Å². The quantitative estimate of drug-likeness (QED) is 0.613. The van der Waals surface area contributed by atoms with Gasteiger partial charge in [-0.05, 0) is 13.5 Å². The summed E-state index contributed by atoms with van der Waals surface area (Å²) in [5, 5.41) is 8.54. The number of aliphatic carboxylic acids is 1. The van der Waals surface area contributed by atoms with Crippen molar-refractivity contribution in [2.75, 3.05) is 13.1 Å². The minimum Gasteiger partial charge on any atom is -0.481 e. The Morgan fingerprint density at radius 2 is 2.33 bits per heavy atom. The molecule has 0 aromatic rings. The number of hydrogen-bond donors (Lipinski definition) is 1. The Labute approximate surface area is 73.7 Å². The first-order chi connectivity index (χ1) is 5.61. The molecule has 0 radical (unpaired) electrons. The predicted molar refractivity (Wildman–Crippen MR) is 49.2 cm³/mol. The highest BCUT2D eigenvalue weighted by molar-refractivity contribution is 5.67. The number of hydrogen-bond acceptors (Lipinski definition) is 2. The molecule has 1 N–H and O–H groups in total. The van der Waals surface area contributed by atoms with Gasteiger partial charge in [-0.25, -0.2) is 0 Å². The normalized spacial score (nSPS) is 12.9. The predicted octanol–water partition coefficient (Wildman–Crippen LogP) is 1.36. The fraction of sp³-hybridized carbons (Fsp3) is 0.667. The topological polar surface area (TPSA) is 40.5 Å². The maximum atomic E-state index is 10.4. The van der Waals surface area contributed by atoms with Crippen LogP contribution in [-0.4, -0.2) is 35.1 Å². The number of carboxylic acid groups (broad SMARTS) is 1. The molecule has 0 aliphatic carbocycles. The maximum Gasteiger partial charge on any atom is 0.304 e. The van der Waals surface area contributed by atoms with Gasteiger partial charge in [-0.15, -0.1) is 6.58 Å². The summed E-state index contributed by atoms with van der Waals surface area (Å²) in [5.41, 5.74) is 0. The summed E-state index contributed by atoms with van der Waals surface area (Å²) >= 11 is 0. The van der Waals surface area contributed by atoms with Gasteiger partial charge in [-0.1, -0.05) is 13.0 Å². The lowest BCUT2D eigenvalue weighted by atomic mass is 10.2. The van der Waals surface area contributed by atoms with Gasteiger partial charge < -0.3 is 5.11 Å². The molecule has 0 bridgehead atoms. The van der Waals surface area contributed by atoms with Crippen LogP contribution < -0.4 is 0 Å². The largest absolute Gasteiger partial charge is 0.481 e. The molecule has 0 fully saturated rings. The number of likely N-dealkylation sites (N-methyl/N-ethyl adjacent to an activating group) is 1. The van der Waals surface area contributed by atoms with Crippen LogP contribution in [-0.2, 0) is 4.79 Å². The van der Waals surface area contributed by atoms with Crippen LogP contribution in [0, 0.1) is 0 Å². The molecule has 1 atom stereocenters.